The van der Waals surface area contributed by atoms with Gasteiger partial charge >= 0.3 is 12.1 Å². The molecule has 1 aromatic heterocycles. The number of alkyl halides is 3. The third-order valence-electron chi connectivity index (χ3n) is 4.21. The minimum Gasteiger partial charge on any atom is -0.335 e. The third-order valence-corrected chi connectivity index (χ3v) is 4.21. The summed E-state index contributed by atoms with van der Waals surface area (Å²) in [5.74, 6) is -2.40. The van der Waals surface area contributed by atoms with E-state index in [-0.39, 0.29) is 38.3 Å². The molecule has 1 aliphatic heterocycles. The lowest BCUT2D eigenvalue weighted by molar-refractivity contribution is -0.185. The van der Waals surface area contributed by atoms with E-state index in [4.69, 9.17) is 0 Å². The van der Waals surface area contributed by atoms with E-state index in [1.807, 2.05) is 0 Å². The molecule has 3 rings (SSSR count). The van der Waals surface area contributed by atoms with Crippen molar-refractivity contribution in [1.82, 2.24) is 20.0 Å². The van der Waals surface area contributed by atoms with E-state index < -0.39 is 23.5 Å². The second kappa shape index (κ2) is 6.77. The summed E-state index contributed by atoms with van der Waals surface area (Å²) >= 11 is 0. The van der Waals surface area contributed by atoms with Crippen molar-refractivity contribution in [3.8, 4) is 0 Å². The van der Waals surface area contributed by atoms with Crippen LogP contribution in [0.5, 0.6) is 0 Å². The van der Waals surface area contributed by atoms with Crippen molar-refractivity contribution in [3.05, 3.63) is 40.3 Å². The summed E-state index contributed by atoms with van der Waals surface area (Å²) < 4.78 is 37.8. The Kier molecular flexibility index (Phi) is 4.66. The highest BCUT2D eigenvalue weighted by atomic mass is 19.4. The molecule has 0 aliphatic carbocycles. The molecule has 0 unspecified atom stereocenters. The largest absolute Gasteiger partial charge is 0.471 e. The molecular formula is C16H15F3N4O3. The number of aromatic nitrogens is 2. The average molecular weight is 368 g/mol. The topological polar surface area (TPSA) is 86.4 Å². The van der Waals surface area contributed by atoms with E-state index >= 15 is 0 Å². The fraction of sp³-hybridized carbons (Fsp3) is 0.375. The Labute approximate surface area is 145 Å². The highest BCUT2D eigenvalue weighted by Crippen LogP contribution is 2.20. The van der Waals surface area contributed by atoms with E-state index in [0.717, 1.165) is 0 Å². The second-order valence-corrected chi connectivity index (χ2v) is 5.88. The summed E-state index contributed by atoms with van der Waals surface area (Å²) in [5, 5.41) is 6.75. The molecule has 26 heavy (non-hydrogen) atoms. The van der Waals surface area contributed by atoms with Gasteiger partial charge in [-0.1, -0.05) is 18.2 Å². The number of carbonyl (C=O) groups is 2. The Morgan fingerprint density at radius 1 is 1.00 bits per heavy atom. The maximum atomic E-state index is 12.8. The molecule has 1 fully saturated rings. The van der Waals surface area contributed by atoms with Crippen LogP contribution < -0.4 is 5.56 Å². The molecule has 0 saturated carbocycles. The molecule has 2 heterocycles. The van der Waals surface area contributed by atoms with Crippen LogP contribution in [0.3, 0.4) is 0 Å². The second-order valence-electron chi connectivity index (χ2n) is 5.88. The van der Waals surface area contributed by atoms with Crippen molar-refractivity contribution in [3.63, 3.8) is 0 Å². The first-order valence-corrected chi connectivity index (χ1v) is 7.92. The molecule has 2 aromatic rings. The minimum atomic E-state index is -4.93. The Balaban J connectivity index is 1.83. The Bertz CT molecular complexity index is 909. The van der Waals surface area contributed by atoms with Crippen molar-refractivity contribution in [2.75, 3.05) is 26.2 Å². The van der Waals surface area contributed by atoms with E-state index in [1.54, 1.807) is 24.3 Å². The zero-order chi connectivity index (χ0) is 18.9. The van der Waals surface area contributed by atoms with Gasteiger partial charge in [0.1, 0.15) is 0 Å². The molecule has 0 bridgehead atoms. The number of hydrogen-bond donors (Lipinski definition) is 1. The molecule has 1 N–H and O–H groups in total. The van der Waals surface area contributed by atoms with Crippen molar-refractivity contribution < 1.29 is 22.8 Å². The number of H-pyrrole nitrogens is 1. The summed E-state index contributed by atoms with van der Waals surface area (Å²) in [6.07, 6.45) is -4.72. The van der Waals surface area contributed by atoms with Crippen molar-refractivity contribution in [1.29, 1.82) is 0 Å². The van der Waals surface area contributed by atoms with Gasteiger partial charge in [-0.3, -0.25) is 14.4 Å². The SMILES string of the molecule is O=C(c1n[nH]c(=O)c2ccccc12)N1CCCN(C(=O)C(F)(F)F)CC1. The monoisotopic (exact) mass is 368 g/mol. The van der Waals surface area contributed by atoms with Crippen LogP contribution in [0.25, 0.3) is 10.8 Å². The number of nitrogens with one attached hydrogen (secondary N) is 1. The van der Waals surface area contributed by atoms with Crippen LogP contribution >= 0.6 is 0 Å². The molecule has 0 atom stereocenters. The predicted octanol–water partition coefficient (Wildman–Crippen LogP) is 1.16. The van der Waals surface area contributed by atoms with Gasteiger partial charge in [0.2, 0.25) is 0 Å². The molecule has 7 nitrogen and oxygen atoms in total. The van der Waals surface area contributed by atoms with Crippen LogP contribution in [0.4, 0.5) is 13.2 Å². The van der Waals surface area contributed by atoms with Crippen molar-refractivity contribution in [2.24, 2.45) is 0 Å². The molecule has 1 aliphatic rings. The lowest BCUT2D eigenvalue weighted by atomic mass is 10.1. The lowest BCUT2D eigenvalue weighted by Crippen LogP contribution is -2.43. The number of hydrogen-bond acceptors (Lipinski definition) is 4. The van der Waals surface area contributed by atoms with Crippen LogP contribution in [-0.2, 0) is 4.79 Å². The van der Waals surface area contributed by atoms with E-state index in [9.17, 15) is 27.6 Å². The minimum absolute atomic E-state index is 0.0239. The van der Waals surface area contributed by atoms with E-state index in [0.29, 0.717) is 15.7 Å². The third kappa shape index (κ3) is 3.39. The van der Waals surface area contributed by atoms with Crippen LogP contribution in [0.2, 0.25) is 0 Å². The van der Waals surface area contributed by atoms with Crippen molar-refractivity contribution >= 4 is 22.6 Å². The van der Waals surface area contributed by atoms with Crippen LogP contribution in [0.15, 0.2) is 29.1 Å². The number of fused-ring (bicyclic) bond motifs is 1. The van der Waals surface area contributed by atoms with Gasteiger partial charge in [-0.05, 0) is 12.5 Å². The molecule has 0 radical (unpaired) electrons. The van der Waals surface area contributed by atoms with Gasteiger partial charge in [0.15, 0.2) is 5.69 Å². The zero-order valence-corrected chi connectivity index (χ0v) is 13.5. The van der Waals surface area contributed by atoms with E-state index in [2.05, 4.69) is 10.2 Å². The van der Waals surface area contributed by atoms with Crippen LogP contribution in [0, 0.1) is 0 Å². The first kappa shape index (κ1) is 17.9. The number of nitrogens with zero attached hydrogens (tertiary/aromatic N) is 3. The van der Waals surface area contributed by atoms with Crippen molar-refractivity contribution in [2.45, 2.75) is 12.6 Å². The predicted molar refractivity (Wildman–Crippen MR) is 85.5 cm³/mol. The summed E-state index contributed by atoms with van der Waals surface area (Å²) in [6.45, 7) is -0.154. The standard InChI is InChI=1S/C16H15F3N4O3/c17-16(18,19)15(26)23-7-3-6-22(8-9-23)14(25)12-10-4-1-2-5-11(10)13(24)21-20-12/h1-2,4-5H,3,6-9H2,(H,21,24). The van der Waals surface area contributed by atoms with Gasteiger partial charge in [0.25, 0.3) is 11.5 Å². The Hall–Kier alpha value is -2.91. The van der Waals surface area contributed by atoms with Gasteiger partial charge in [-0.15, -0.1) is 0 Å². The maximum absolute atomic E-state index is 12.8. The van der Waals surface area contributed by atoms with Gasteiger partial charge in [0, 0.05) is 31.6 Å². The maximum Gasteiger partial charge on any atom is 0.471 e. The number of aromatic amines is 1. The fourth-order valence-corrected chi connectivity index (χ4v) is 2.93. The highest BCUT2D eigenvalue weighted by Gasteiger charge is 2.42. The van der Waals surface area contributed by atoms with Crippen LogP contribution in [-0.4, -0.2) is 64.2 Å². The first-order valence-electron chi connectivity index (χ1n) is 7.92. The molecule has 138 valence electrons. The van der Waals surface area contributed by atoms with Gasteiger partial charge in [-0.25, -0.2) is 5.10 Å². The zero-order valence-electron chi connectivity index (χ0n) is 13.5. The lowest BCUT2D eigenvalue weighted by Gasteiger charge is -2.22. The van der Waals surface area contributed by atoms with Gasteiger partial charge in [-0.2, -0.15) is 18.3 Å². The fourth-order valence-electron chi connectivity index (χ4n) is 2.93. The van der Waals surface area contributed by atoms with Crippen LogP contribution in [0.1, 0.15) is 16.9 Å². The number of benzene rings is 1. The first-order chi connectivity index (χ1) is 12.3. The number of carbonyl (C=O) groups excluding carboxylic acids is 2. The molecule has 2 amide bonds. The normalized spacial score (nSPS) is 15.8. The number of rotatable bonds is 1. The molecule has 1 saturated heterocycles. The summed E-state index contributed by atoms with van der Waals surface area (Å²) in [7, 11) is 0. The molecule has 0 spiro atoms. The number of amides is 2. The quantitative estimate of drug-likeness (QED) is 0.819. The highest BCUT2D eigenvalue weighted by molar-refractivity contribution is 6.04. The van der Waals surface area contributed by atoms with Gasteiger partial charge in [0.05, 0.1) is 5.39 Å². The Morgan fingerprint density at radius 2 is 1.62 bits per heavy atom. The van der Waals surface area contributed by atoms with E-state index in [1.165, 1.54) is 4.90 Å². The summed E-state index contributed by atoms with van der Waals surface area (Å²) in [4.78, 5) is 38.0. The average Bonchev–Trinajstić information content (AvgIpc) is 2.86. The summed E-state index contributed by atoms with van der Waals surface area (Å²) in [6, 6.07) is 6.45. The molecular weight excluding hydrogens is 353 g/mol. The summed E-state index contributed by atoms with van der Waals surface area (Å²) in [5.41, 5.74) is -0.411. The molecule has 1 aromatic carbocycles. The number of halogens is 3. The molecule has 10 heteroatoms. The van der Waals surface area contributed by atoms with Gasteiger partial charge < -0.3 is 9.80 Å². The smallest absolute Gasteiger partial charge is 0.335 e. The Morgan fingerprint density at radius 3 is 2.31 bits per heavy atom.